The van der Waals surface area contributed by atoms with Gasteiger partial charge in [0, 0.05) is 44.2 Å². The Balaban J connectivity index is 1.30. The Hall–Kier alpha value is -3.02. The lowest BCUT2D eigenvalue weighted by atomic mass is 9.98. The van der Waals surface area contributed by atoms with Gasteiger partial charge in [-0.2, -0.15) is 0 Å². The lowest BCUT2D eigenvalue weighted by molar-refractivity contribution is 0.0724. The highest BCUT2D eigenvalue weighted by atomic mass is 16.5. The molecule has 0 spiro atoms. The average molecular weight is 422 g/mol. The van der Waals surface area contributed by atoms with Crippen LogP contribution < -0.4 is 10.1 Å². The number of benzene rings is 2. The Labute approximate surface area is 184 Å². The molecule has 0 aromatic heterocycles. The summed E-state index contributed by atoms with van der Waals surface area (Å²) >= 11 is 0. The van der Waals surface area contributed by atoms with Crippen LogP contribution in [0.15, 0.2) is 48.5 Å². The van der Waals surface area contributed by atoms with Crippen LogP contribution in [-0.4, -0.2) is 55.0 Å². The summed E-state index contributed by atoms with van der Waals surface area (Å²) in [5, 5.41) is 3.02. The maximum absolute atomic E-state index is 12.7. The molecule has 2 heterocycles. The van der Waals surface area contributed by atoms with Gasteiger partial charge in [-0.3, -0.25) is 4.79 Å². The number of piperidine rings is 1. The Morgan fingerprint density at radius 1 is 1.00 bits per heavy atom. The number of hydrogen-bond acceptors (Lipinski definition) is 3. The van der Waals surface area contributed by atoms with Gasteiger partial charge in [-0.15, -0.1) is 0 Å². The van der Waals surface area contributed by atoms with E-state index in [4.69, 9.17) is 4.74 Å². The molecule has 0 saturated carbocycles. The number of amides is 3. The maximum atomic E-state index is 12.7. The fraction of sp³-hybridized carbons (Fsp3) is 0.440. The number of nitrogens with one attached hydrogen (secondary N) is 1. The summed E-state index contributed by atoms with van der Waals surface area (Å²) in [6.07, 6.45) is 4.31. The average Bonchev–Trinajstić information content (AvgIpc) is 3.33. The molecule has 2 fully saturated rings. The monoisotopic (exact) mass is 421 g/mol. The van der Waals surface area contributed by atoms with Gasteiger partial charge in [0.1, 0.15) is 5.75 Å². The van der Waals surface area contributed by atoms with Gasteiger partial charge in [-0.1, -0.05) is 24.3 Å². The number of hydrogen-bond donors (Lipinski definition) is 1. The fourth-order valence-electron chi connectivity index (χ4n) is 4.48. The second-order valence-corrected chi connectivity index (χ2v) is 8.42. The SMILES string of the molecule is COc1ccc(C2CCN(C(=O)NCc3cccc(C(=O)N4CCCCC4)c3)C2)cc1. The second kappa shape index (κ2) is 9.86. The van der Waals surface area contributed by atoms with Crippen LogP contribution in [0.2, 0.25) is 0 Å². The first-order valence-corrected chi connectivity index (χ1v) is 11.2. The zero-order chi connectivity index (χ0) is 21.6. The molecule has 1 atom stereocenters. The van der Waals surface area contributed by atoms with E-state index >= 15 is 0 Å². The number of ether oxygens (including phenoxy) is 1. The van der Waals surface area contributed by atoms with Crippen molar-refractivity contribution < 1.29 is 14.3 Å². The molecule has 164 valence electrons. The first-order valence-electron chi connectivity index (χ1n) is 11.2. The van der Waals surface area contributed by atoms with Crippen LogP contribution in [0.25, 0.3) is 0 Å². The highest BCUT2D eigenvalue weighted by Gasteiger charge is 2.27. The van der Waals surface area contributed by atoms with Crippen molar-refractivity contribution in [2.75, 3.05) is 33.3 Å². The van der Waals surface area contributed by atoms with Gasteiger partial charge in [-0.25, -0.2) is 4.79 Å². The number of likely N-dealkylation sites (tertiary alicyclic amines) is 2. The van der Waals surface area contributed by atoms with Crippen molar-refractivity contribution in [1.29, 1.82) is 0 Å². The molecule has 4 rings (SSSR count). The molecule has 0 bridgehead atoms. The van der Waals surface area contributed by atoms with Gasteiger partial charge in [0.2, 0.25) is 0 Å². The van der Waals surface area contributed by atoms with E-state index < -0.39 is 0 Å². The minimum Gasteiger partial charge on any atom is -0.497 e. The lowest BCUT2D eigenvalue weighted by Crippen LogP contribution is -2.38. The van der Waals surface area contributed by atoms with Gasteiger partial charge in [0.15, 0.2) is 0 Å². The molecular weight excluding hydrogens is 390 g/mol. The van der Waals surface area contributed by atoms with Gasteiger partial charge < -0.3 is 19.9 Å². The molecule has 1 N–H and O–H groups in total. The van der Waals surface area contributed by atoms with Crippen LogP contribution in [0.4, 0.5) is 4.79 Å². The molecule has 2 aromatic carbocycles. The topological polar surface area (TPSA) is 61.9 Å². The summed E-state index contributed by atoms with van der Waals surface area (Å²) in [7, 11) is 1.66. The van der Waals surface area contributed by atoms with E-state index in [-0.39, 0.29) is 11.9 Å². The molecule has 31 heavy (non-hydrogen) atoms. The van der Waals surface area contributed by atoms with Crippen molar-refractivity contribution in [2.45, 2.75) is 38.1 Å². The van der Waals surface area contributed by atoms with Crippen LogP contribution in [0.3, 0.4) is 0 Å². The zero-order valence-corrected chi connectivity index (χ0v) is 18.2. The number of carbonyl (C=O) groups is 2. The molecule has 1 unspecified atom stereocenters. The number of methoxy groups -OCH3 is 1. The highest BCUT2D eigenvalue weighted by Crippen LogP contribution is 2.28. The molecule has 2 aliphatic rings. The third-order valence-corrected chi connectivity index (χ3v) is 6.32. The number of rotatable bonds is 5. The van der Waals surface area contributed by atoms with Crippen molar-refractivity contribution in [3.8, 4) is 5.75 Å². The first-order chi connectivity index (χ1) is 15.1. The van der Waals surface area contributed by atoms with E-state index in [0.717, 1.165) is 50.2 Å². The van der Waals surface area contributed by atoms with Gasteiger partial charge in [0.25, 0.3) is 5.91 Å². The van der Waals surface area contributed by atoms with Crippen molar-refractivity contribution in [1.82, 2.24) is 15.1 Å². The minimum atomic E-state index is -0.0521. The van der Waals surface area contributed by atoms with Crippen molar-refractivity contribution >= 4 is 11.9 Å². The van der Waals surface area contributed by atoms with E-state index in [1.165, 1.54) is 12.0 Å². The normalized spacial score (nSPS) is 18.7. The quantitative estimate of drug-likeness (QED) is 0.793. The summed E-state index contributed by atoms with van der Waals surface area (Å²) < 4.78 is 5.22. The summed E-state index contributed by atoms with van der Waals surface area (Å²) in [5.41, 5.74) is 2.89. The van der Waals surface area contributed by atoms with Gasteiger partial charge in [-0.05, 0) is 61.1 Å². The highest BCUT2D eigenvalue weighted by molar-refractivity contribution is 5.94. The van der Waals surface area contributed by atoms with Gasteiger partial charge in [0.05, 0.1) is 7.11 Å². The second-order valence-electron chi connectivity index (χ2n) is 8.42. The third-order valence-electron chi connectivity index (χ3n) is 6.32. The molecule has 6 heteroatoms. The standard InChI is InChI=1S/C25H31N3O3/c1-31-23-10-8-20(9-11-23)22-12-15-28(18-22)25(30)26-17-19-6-5-7-21(16-19)24(29)27-13-3-2-4-14-27/h5-11,16,22H,2-4,12-15,17-18H2,1H3,(H,26,30). The molecular formula is C25H31N3O3. The summed E-state index contributed by atoms with van der Waals surface area (Å²) in [4.78, 5) is 29.2. The largest absolute Gasteiger partial charge is 0.497 e. The van der Waals surface area contributed by atoms with Crippen LogP contribution in [-0.2, 0) is 6.54 Å². The Bertz CT molecular complexity index is 906. The summed E-state index contributed by atoms with van der Waals surface area (Å²) in [6, 6.07) is 15.7. The maximum Gasteiger partial charge on any atom is 0.317 e. The Kier molecular flexibility index (Phi) is 6.75. The molecule has 0 radical (unpaired) electrons. The van der Waals surface area contributed by atoms with Crippen LogP contribution in [0.5, 0.6) is 5.75 Å². The minimum absolute atomic E-state index is 0.0521. The van der Waals surface area contributed by atoms with Crippen LogP contribution in [0, 0.1) is 0 Å². The van der Waals surface area contributed by atoms with Crippen LogP contribution >= 0.6 is 0 Å². The van der Waals surface area contributed by atoms with Gasteiger partial charge >= 0.3 is 6.03 Å². The molecule has 0 aliphatic carbocycles. The van der Waals surface area contributed by atoms with E-state index in [9.17, 15) is 9.59 Å². The van der Waals surface area contributed by atoms with E-state index in [1.807, 2.05) is 46.2 Å². The van der Waals surface area contributed by atoms with E-state index in [2.05, 4.69) is 17.4 Å². The van der Waals surface area contributed by atoms with E-state index in [0.29, 0.717) is 24.6 Å². The predicted octanol–water partition coefficient (Wildman–Crippen LogP) is 4.02. The predicted molar refractivity (Wildman–Crippen MR) is 120 cm³/mol. The summed E-state index contributed by atoms with van der Waals surface area (Å²) in [6.45, 7) is 3.56. The summed E-state index contributed by atoms with van der Waals surface area (Å²) in [5.74, 6) is 1.29. The smallest absolute Gasteiger partial charge is 0.317 e. The number of nitrogens with zero attached hydrogens (tertiary/aromatic N) is 2. The van der Waals surface area contributed by atoms with Crippen LogP contribution in [0.1, 0.15) is 53.1 Å². The number of carbonyl (C=O) groups excluding carboxylic acids is 2. The molecule has 2 aliphatic heterocycles. The number of urea groups is 1. The van der Waals surface area contributed by atoms with Crippen molar-refractivity contribution in [2.24, 2.45) is 0 Å². The fourth-order valence-corrected chi connectivity index (χ4v) is 4.48. The molecule has 3 amide bonds. The molecule has 2 aromatic rings. The Morgan fingerprint density at radius 3 is 2.52 bits per heavy atom. The zero-order valence-electron chi connectivity index (χ0n) is 18.2. The Morgan fingerprint density at radius 2 is 1.77 bits per heavy atom. The molecule has 6 nitrogen and oxygen atoms in total. The lowest BCUT2D eigenvalue weighted by Gasteiger charge is -2.26. The van der Waals surface area contributed by atoms with E-state index in [1.54, 1.807) is 7.11 Å². The first kappa shape index (κ1) is 21.2. The van der Waals surface area contributed by atoms with Crippen molar-refractivity contribution in [3.05, 3.63) is 65.2 Å². The third kappa shape index (κ3) is 5.19. The van der Waals surface area contributed by atoms with Crippen molar-refractivity contribution in [3.63, 3.8) is 0 Å². The molecule has 2 saturated heterocycles.